The lowest BCUT2D eigenvalue weighted by Gasteiger charge is -2.37. The molecule has 121 valence electrons. The first kappa shape index (κ1) is 16.9. The number of hydrogen-bond acceptors (Lipinski definition) is 5. The van der Waals surface area contributed by atoms with Crippen LogP contribution < -0.4 is 0 Å². The maximum atomic E-state index is 10.2. The zero-order chi connectivity index (χ0) is 15.7. The van der Waals surface area contributed by atoms with E-state index in [2.05, 4.69) is 0 Å². The van der Waals surface area contributed by atoms with Crippen LogP contribution in [0.5, 0.6) is 0 Å². The maximum absolute atomic E-state index is 10.2. The number of epoxide rings is 1. The molecule has 5 heteroatoms. The Labute approximate surface area is 126 Å². The molecule has 0 bridgehead atoms. The second kappa shape index (κ2) is 6.75. The lowest BCUT2D eigenvalue weighted by molar-refractivity contribution is -0.165. The molecule has 2 rings (SSSR count). The van der Waals surface area contributed by atoms with Gasteiger partial charge in [0, 0.05) is 11.8 Å². The van der Waals surface area contributed by atoms with Crippen molar-refractivity contribution in [1.82, 2.24) is 0 Å². The van der Waals surface area contributed by atoms with E-state index >= 15 is 0 Å². The molecule has 2 fully saturated rings. The maximum Gasteiger partial charge on any atom is 0.107 e. The van der Waals surface area contributed by atoms with Gasteiger partial charge >= 0.3 is 0 Å². The van der Waals surface area contributed by atoms with Gasteiger partial charge in [-0.15, -0.1) is 0 Å². The van der Waals surface area contributed by atoms with Crippen molar-refractivity contribution in [3.63, 3.8) is 0 Å². The van der Waals surface area contributed by atoms with Crippen molar-refractivity contribution >= 4 is 0 Å². The number of hydrogen-bond donors (Lipinski definition) is 3. The summed E-state index contributed by atoms with van der Waals surface area (Å²) in [6.07, 6.45) is -1.44. The van der Waals surface area contributed by atoms with E-state index in [-0.39, 0.29) is 24.0 Å². The van der Waals surface area contributed by atoms with Crippen molar-refractivity contribution < 1.29 is 24.8 Å². The predicted molar refractivity (Wildman–Crippen MR) is 77.5 cm³/mol. The average Bonchev–Trinajstić information content (AvgIpc) is 3.16. The first-order valence-corrected chi connectivity index (χ1v) is 7.70. The van der Waals surface area contributed by atoms with Gasteiger partial charge in [0.2, 0.25) is 0 Å². The lowest BCUT2D eigenvalue weighted by Crippen LogP contribution is -2.50. The smallest absolute Gasteiger partial charge is 0.107 e. The van der Waals surface area contributed by atoms with Gasteiger partial charge in [-0.3, -0.25) is 0 Å². The normalized spacial score (nSPS) is 42.4. The molecule has 0 spiro atoms. The molecule has 2 heterocycles. The molecule has 8 atom stereocenters. The summed E-state index contributed by atoms with van der Waals surface area (Å²) in [6, 6.07) is 0. The van der Waals surface area contributed by atoms with Crippen molar-refractivity contribution in [1.29, 1.82) is 0 Å². The summed E-state index contributed by atoms with van der Waals surface area (Å²) in [5, 5.41) is 29.9. The molecule has 2 saturated heterocycles. The second-order valence-corrected chi connectivity index (χ2v) is 6.64. The van der Waals surface area contributed by atoms with Gasteiger partial charge in [-0.2, -0.15) is 0 Å². The summed E-state index contributed by atoms with van der Waals surface area (Å²) in [7, 11) is 0. The van der Waals surface area contributed by atoms with Crippen LogP contribution in [-0.2, 0) is 9.47 Å². The second-order valence-electron chi connectivity index (χ2n) is 6.64. The van der Waals surface area contributed by atoms with E-state index < -0.39 is 24.4 Å². The largest absolute Gasteiger partial charge is 0.393 e. The Bertz CT molecular complexity index is 370. The summed E-state index contributed by atoms with van der Waals surface area (Å²) >= 11 is 0. The fourth-order valence-electron chi connectivity index (χ4n) is 3.03. The molecule has 21 heavy (non-hydrogen) atoms. The van der Waals surface area contributed by atoms with Crippen LogP contribution in [0.25, 0.3) is 0 Å². The van der Waals surface area contributed by atoms with E-state index in [0.717, 1.165) is 0 Å². The van der Waals surface area contributed by atoms with Gasteiger partial charge in [0.1, 0.15) is 6.10 Å². The van der Waals surface area contributed by atoms with Crippen LogP contribution in [0, 0.1) is 18.4 Å². The minimum Gasteiger partial charge on any atom is -0.393 e. The molecule has 8 unspecified atom stereocenters. The van der Waals surface area contributed by atoms with Crippen molar-refractivity contribution in [2.24, 2.45) is 11.8 Å². The molecule has 2 aliphatic heterocycles. The molecule has 0 saturated carbocycles. The van der Waals surface area contributed by atoms with Crippen LogP contribution >= 0.6 is 0 Å². The highest BCUT2D eigenvalue weighted by atomic mass is 16.6. The first-order valence-electron chi connectivity index (χ1n) is 7.70. The van der Waals surface area contributed by atoms with Crippen LogP contribution in [-0.4, -0.2) is 58.6 Å². The summed E-state index contributed by atoms with van der Waals surface area (Å²) in [5.41, 5.74) is 0.682. The number of aliphatic hydroxyl groups excluding tert-OH is 3. The molecular formula is C16H27O5. The summed E-state index contributed by atoms with van der Waals surface area (Å²) in [4.78, 5) is 0. The third-order valence-electron chi connectivity index (χ3n) is 4.70. The molecule has 5 nitrogen and oxygen atoms in total. The third-order valence-corrected chi connectivity index (χ3v) is 4.70. The van der Waals surface area contributed by atoms with Gasteiger partial charge in [0.05, 0.1) is 37.1 Å². The van der Waals surface area contributed by atoms with Crippen LogP contribution in [0.4, 0.5) is 0 Å². The van der Waals surface area contributed by atoms with Crippen molar-refractivity contribution in [3.05, 3.63) is 12.2 Å². The van der Waals surface area contributed by atoms with Crippen molar-refractivity contribution in [2.75, 3.05) is 6.61 Å². The number of aliphatic hydroxyl groups is 3. The fourth-order valence-corrected chi connectivity index (χ4v) is 3.03. The minimum atomic E-state index is -0.923. The Balaban J connectivity index is 1.83. The van der Waals surface area contributed by atoms with Crippen LogP contribution in [0.15, 0.2) is 5.57 Å². The number of ether oxygens (including phenoxy) is 2. The third kappa shape index (κ3) is 4.05. The molecule has 1 radical (unpaired) electrons. The van der Waals surface area contributed by atoms with E-state index in [1.807, 2.05) is 6.92 Å². The van der Waals surface area contributed by atoms with Crippen LogP contribution in [0.1, 0.15) is 33.6 Å². The highest BCUT2D eigenvalue weighted by Crippen LogP contribution is 2.38. The van der Waals surface area contributed by atoms with Gasteiger partial charge in [0.15, 0.2) is 0 Å². The van der Waals surface area contributed by atoms with E-state index in [0.29, 0.717) is 25.0 Å². The Kier molecular flexibility index (Phi) is 5.43. The summed E-state index contributed by atoms with van der Waals surface area (Å²) in [5.74, 6) is -0.0747. The first-order chi connectivity index (χ1) is 9.81. The summed E-state index contributed by atoms with van der Waals surface area (Å²) < 4.78 is 11.2. The minimum absolute atomic E-state index is 0.0319. The van der Waals surface area contributed by atoms with Gasteiger partial charge < -0.3 is 24.8 Å². The van der Waals surface area contributed by atoms with Gasteiger partial charge in [-0.05, 0) is 26.7 Å². The Morgan fingerprint density at radius 1 is 1.24 bits per heavy atom. The number of rotatable bonds is 6. The van der Waals surface area contributed by atoms with E-state index in [1.54, 1.807) is 13.8 Å². The van der Waals surface area contributed by atoms with Crippen LogP contribution in [0.3, 0.4) is 0 Å². The SMILES string of the molecule is [CH]=C(C)CC1OCC(CC2OC2C(C)C(C)O)C(O)C1O. The van der Waals surface area contributed by atoms with E-state index in [4.69, 9.17) is 16.1 Å². The highest BCUT2D eigenvalue weighted by Gasteiger charge is 2.48. The molecule has 2 aliphatic rings. The van der Waals surface area contributed by atoms with E-state index in [1.165, 1.54) is 0 Å². The van der Waals surface area contributed by atoms with Crippen LogP contribution in [0.2, 0.25) is 0 Å². The quantitative estimate of drug-likeness (QED) is 0.628. The standard InChI is InChI=1S/C16H27O5/c1-8(2)5-12-15(19)14(18)11(7-20-12)6-13-16(21-13)9(3)10(4)17/h1,9-19H,5-7H2,2-4H3. The van der Waals surface area contributed by atoms with Gasteiger partial charge in [-0.25, -0.2) is 0 Å². The Morgan fingerprint density at radius 2 is 1.90 bits per heavy atom. The summed E-state index contributed by atoms with van der Waals surface area (Å²) in [6.45, 7) is 11.5. The van der Waals surface area contributed by atoms with Gasteiger partial charge in [0.25, 0.3) is 0 Å². The average molecular weight is 299 g/mol. The monoisotopic (exact) mass is 299 g/mol. The Morgan fingerprint density at radius 3 is 2.48 bits per heavy atom. The Hall–Kier alpha value is -0.460. The van der Waals surface area contributed by atoms with Crippen molar-refractivity contribution in [2.45, 2.75) is 70.2 Å². The van der Waals surface area contributed by atoms with Gasteiger partial charge in [-0.1, -0.05) is 19.1 Å². The molecule has 0 aliphatic carbocycles. The molecule has 3 N–H and O–H groups in total. The molecular weight excluding hydrogens is 272 g/mol. The molecule has 0 aromatic rings. The molecule has 0 amide bonds. The predicted octanol–water partition coefficient (Wildman–Crippen LogP) is 0.667. The zero-order valence-electron chi connectivity index (χ0n) is 13.0. The zero-order valence-corrected chi connectivity index (χ0v) is 13.0. The topological polar surface area (TPSA) is 82.5 Å². The molecule has 0 aromatic carbocycles. The fraction of sp³-hybridized carbons (Fsp3) is 0.875. The van der Waals surface area contributed by atoms with Crippen molar-refractivity contribution in [3.8, 4) is 0 Å². The highest BCUT2D eigenvalue weighted by molar-refractivity contribution is 4.98. The van der Waals surface area contributed by atoms with E-state index in [9.17, 15) is 15.3 Å². The molecule has 0 aromatic heterocycles. The lowest BCUT2D eigenvalue weighted by atomic mass is 9.85.